The van der Waals surface area contributed by atoms with Gasteiger partial charge in [-0.25, -0.2) is 0 Å². The summed E-state index contributed by atoms with van der Waals surface area (Å²) in [7, 11) is 0. The van der Waals surface area contributed by atoms with E-state index in [-0.39, 0.29) is 5.91 Å². The number of nitrogens with one attached hydrogen (secondary N) is 1. The largest absolute Gasteiger partial charge is 0.326 e. The predicted octanol–water partition coefficient (Wildman–Crippen LogP) is 1.63. The average Bonchev–Trinajstić information content (AvgIpc) is 2.18. The molecule has 0 aliphatic rings. The molecule has 0 fully saturated rings. The number of carbonyl (C=O) groups is 2. The van der Waals surface area contributed by atoms with Crippen molar-refractivity contribution in [3.63, 3.8) is 0 Å². The first-order chi connectivity index (χ1) is 6.76. The summed E-state index contributed by atoms with van der Waals surface area (Å²) in [4.78, 5) is 25.4. The number of pyridine rings is 1. The SMILES string of the molecule is CCCC(=O)Nc1ccnc(C=O)c1. The van der Waals surface area contributed by atoms with Crippen molar-refractivity contribution in [3.05, 3.63) is 24.0 Å². The highest BCUT2D eigenvalue weighted by Crippen LogP contribution is 2.07. The molecule has 1 heterocycles. The van der Waals surface area contributed by atoms with E-state index in [1.54, 1.807) is 12.1 Å². The quantitative estimate of drug-likeness (QED) is 0.737. The van der Waals surface area contributed by atoms with Gasteiger partial charge in [-0.15, -0.1) is 0 Å². The Morgan fingerprint density at radius 3 is 3.07 bits per heavy atom. The molecule has 0 saturated carbocycles. The fourth-order valence-corrected chi connectivity index (χ4v) is 1.04. The molecule has 1 rings (SSSR count). The molecule has 1 N–H and O–H groups in total. The van der Waals surface area contributed by atoms with Crippen LogP contribution in [0.25, 0.3) is 0 Å². The number of rotatable bonds is 4. The Morgan fingerprint density at radius 2 is 2.43 bits per heavy atom. The van der Waals surface area contributed by atoms with Crippen molar-refractivity contribution in [3.8, 4) is 0 Å². The molecule has 4 heteroatoms. The van der Waals surface area contributed by atoms with Crippen LogP contribution in [0.15, 0.2) is 18.3 Å². The molecule has 0 atom stereocenters. The van der Waals surface area contributed by atoms with Crippen LogP contribution < -0.4 is 5.32 Å². The molecular weight excluding hydrogens is 180 g/mol. The molecule has 1 aromatic rings. The van der Waals surface area contributed by atoms with E-state index in [1.807, 2.05) is 6.92 Å². The molecule has 74 valence electrons. The molecule has 4 nitrogen and oxygen atoms in total. The Balaban J connectivity index is 2.66. The number of aromatic nitrogens is 1. The van der Waals surface area contributed by atoms with Crippen molar-refractivity contribution in [2.45, 2.75) is 19.8 Å². The lowest BCUT2D eigenvalue weighted by Crippen LogP contribution is -2.10. The maximum Gasteiger partial charge on any atom is 0.224 e. The average molecular weight is 192 g/mol. The molecule has 1 aromatic heterocycles. The van der Waals surface area contributed by atoms with Gasteiger partial charge in [-0.3, -0.25) is 14.6 Å². The van der Waals surface area contributed by atoms with Gasteiger partial charge in [0.25, 0.3) is 0 Å². The van der Waals surface area contributed by atoms with Crippen molar-refractivity contribution in [2.75, 3.05) is 5.32 Å². The third kappa shape index (κ3) is 2.97. The van der Waals surface area contributed by atoms with E-state index in [0.717, 1.165) is 6.42 Å². The second kappa shape index (κ2) is 5.11. The Bertz CT molecular complexity index is 337. The number of nitrogens with zero attached hydrogens (tertiary/aromatic N) is 1. The number of hydrogen-bond acceptors (Lipinski definition) is 3. The standard InChI is InChI=1S/C10H12N2O2/c1-2-3-10(14)12-8-4-5-11-9(6-8)7-13/h4-7H,2-3H2,1H3,(H,11,12,14). The van der Waals surface area contributed by atoms with Crippen LogP contribution in [0.1, 0.15) is 30.3 Å². The van der Waals surface area contributed by atoms with E-state index >= 15 is 0 Å². The fourth-order valence-electron chi connectivity index (χ4n) is 1.04. The van der Waals surface area contributed by atoms with E-state index in [9.17, 15) is 9.59 Å². The zero-order valence-corrected chi connectivity index (χ0v) is 7.99. The van der Waals surface area contributed by atoms with Gasteiger partial charge in [0.2, 0.25) is 5.91 Å². The summed E-state index contributed by atoms with van der Waals surface area (Å²) < 4.78 is 0. The zero-order valence-electron chi connectivity index (χ0n) is 7.99. The van der Waals surface area contributed by atoms with Gasteiger partial charge in [0.15, 0.2) is 6.29 Å². The van der Waals surface area contributed by atoms with Crippen LogP contribution in [0.4, 0.5) is 5.69 Å². The number of aldehydes is 1. The molecule has 0 saturated heterocycles. The van der Waals surface area contributed by atoms with Gasteiger partial charge in [0, 0.05) is 18.3 Å². The van der Waals surface area contributed by atoms with E-state index in [1.165, 1.54) is 6.20 Å². The monoisotopic (exact) mass is 192 g/mol. The van der Waals surface area contributed by atoms with Crippen LogP contribution in [0, 0.1) is 0 Å². The first-order valence-corrected chi connectivity index (χ1v) is 4.47. The summed E-state index contributed by atoms with van der Waals surface area (Å²) >= 11 is 0. The first kappa shape index (κ1) is 10.4. The van der Waals surface area contributed by atoms with E-state index in [4.69, 9.17) is 0 Å². The highest BCUT2D eigenvalue weighted by molar-refractivity contribution is 5.91. The van der Waals surface area contributed by atoms with Crippen molar-refractivity contribution in [1.29, 1.82) is 0 Å². The van der Waals surface area contributed by atoms with Gasteiger partial charge in [0.1, 0.15) is 5.69 Å². The third-order valence-electron chi connectivity index (χ3n) is 1.66. The van der Waals surface area contributed by atoms with Crippen molar-refractivity contribution >= 4 is 17.9 Å². The smallest absolute Gasteiger partial charge is 0.224 e. The third-order valence-corrected chi connectivity index (χ3v) is 1.66. The fraction of sp³-hybridized carbons (Fsp3) is 0.300. The second-order valence-corrected chi connectivity index (χ2v) is 2.89. The Labute approximate surface area is 82.3 Å². The minimum atomic E-state index is -0.0458. The Kier molecular flexibility index (Phi) is 3.79. The molecule has 0 aliphatic heterocycles. The summed E-state index contributed by atoms with van der Waals surface area (Å²) in [5, 5.41) is 2.68. The Hall–Kier alpha value is -1.71. The Morgan fingerprint density at radius 1 is 1.64 bits per heavy atom. The van der Waals surface area contributed by atoms with Gasteiger partial charge >= 0.3 is 0 Å². The molecule has 14 heavy (non-hydrogen) atoms. The molecule has 0 spiro atoms. The van der Waals surface area contributed by atoms with Gasteiger partial charge < -0.3 is 5.32 Å². The molecule has 0 radical (unpaired) electrons. The maximum absolute atomic E-state index is 11.2. The lowest BCUT2D eigenvalue weighted by atomic mass is 10.3. The lowest BCUT2D eigenvalue weighted by Gasteiger charge is -2.03. The van der Waals surface area contributed by atoms with Crippen LogP contribution in [-0.2, 0) is 4.79 Å². The lowest BCUT2D eigenvalue weighted by molar-refractivity contribution is -0.116. The van der Waals surface area contributed by atoms with Crippen molar-refractivity contribution in [1.82, 2.24) is 4.98 Å². The van der Waals surface area contributed by atoms with Crippen molar-refractivity contribution in [2.24, 2.45) is 0 Å². The van der Waals surface area contributed by atoms with Crippen LogP contribution in [0.2, 0.25) is 0 Å². The first-order valence-electron chi connectivity index (χ1n) is 4.47. The highest BCUT2D eigenvalue weighted by atomic mass is 16.1. The number of amides is 1. The summed E-state index contributed by atoms with van der Waals surface area (Å²) in [5.74, 6) is -0.0458. The minimum absolute atomic E-state index is 0.0458. The predicted molar refractivity (Wildman–Crippen MR) is 53.2 cm³/mol. The summed E-state index contributed by atoms with van der Waals surface area (Å²) in [6.45, 7) is 1.93. The summed E-state index contributed by atoms with van der Waals surface area (Å²) in [5.41, 5.74) is 0.930. The molecular formula is C10H12N2O2. The number of carbonyl (C=O) groups excluding carboxylic acids is 2. The molecule has 0 unspecified atom stereocenters. The van der Waals surface area contributed by atoms with Crippen LogP contribution in [0.3, 0.4) is 0 Å². The van der Waals surface area contributed by atoms with Gasteiger partial charge in [-0.2, -0.15) is 0 Å². The number of anilines is 1. The molecule has 0 aliphatic carbocycles. The normalized spacial score (nSPS) is 9.50. The summed E-state index contributed by atoms with van der Waals surface area (Å²) in [6.07, 6.45) is 3.43. The van der Waals surface area contributed by atoms with Crippen LogP contribution >= 0.6 is 0 Å². The molecule has 0 aromatic carbocycles. The van der Waals surface area contributed by atoms with Gasteiger partial charge in [-0.05, 0) is 18.6 Å². The van der Waals surface area contributed by atoms with Gasteiger partial charge in [0.05, 0.1) is 0 Å². The van der Waals surface area contributed by atoms with E-state index < -0.39 is 0 Å². The van der Waals surface area contributed by atoms with Crippen molar-refractivity contribution < 1.29 is 9.59 Å². The molecule has 0 bridgehead atoms. The summed E-state index contributed by atoms with van der Waals surface area (Å²) in [6, 6.07) is 3.20. The second-order valence-electron chi connectivity index (χ2n) is 2.89. The van der Waals surface area contributed by atoms with Gasteiger partial charge in [-0.1, -0.05) is 6.92 Å². The van der Waals surface area contributed by atoms with E-state index in [2.05, 4.69) is 10.3 Å². The van der Waals surface area contributed by atoms with E-state index in [0.29, 0.717) is 24.1 Å². The molecule has 1 amide bonds. The maximum atomic E-state index is 11.2. The highest BCUT2D eigenvalue weighted by Gasteiger charge is 2.01. The topological polar surface area (TPSA) is 59.1 Å². The minimum Gasteiger partial charge on any atom is -0.326 e. The van der Waals surface area contributed by atoms with Crippen LogP contribution in [-0.4, -0.2) is 17.2 Å². The number of hydrogen-bond donors (Lipinski definition) is 1. The van der Waals surface area contributed by atoms with Crippen LogP contribution in [0.5, 0.6) is 0 Å². The zero-order chi connectivity index (χ0) is 10.4.